The number of benzene rings is 1. The molecule has 0 saturated carbocycles. The predicted molar refractivity (Wildman–Crippen MR) is 74.7 cm³/mol. The largest absolute Gasteiger partial charge is 0.359 e. The summed E-state index contributed by atoms with van der Waals surface area (Å²) in [5.41, 5.74) is 7.39. The number of carbonyl (C=O) groups is 2. The average molecular weight is 264 g/mol. The van der Waals surface area contributed by atoms with Gasteiger partial charge in [-0.15, -0.1) is 0 Å². The Bertz CT molecular complexity index is 446. The topological polar surface area (TPSA) is 96.2 Å². The fraction of sp³-hybridized carbons (Fsp3) is 0.385. The highest BCUT2D eigenvalue weighted by atomic mass is 16.2. The first kappa shape index (κ1) is 15.0. The van der Waals surface area contributed by atoms with Crippen LogP contribution in [0, 0.1) is 0 Å². The molecule has 0 aliphatic carbocycles. The molecule has 0 aliphatic rings. The Morgan fingerprint density at radius 1 is 1.37 bits per heavy atom. The highest BCUT2D eigenvalue weighted by Crippen LogP contribution is 2.15. The van der Waals surface area contributed by atoms with Crippen LogP contribution in [-0.2, 0) is 4.79 Å². The first-order chi connectivity index (χ1) is 9.02. The Labute approximate surface area is 112 Å². The molecular formula is C13H20N4O2. The summed E-state index contributed by atoms with van der Waals surface area (Å²) < 4.78 is 0. The maximum atomic E-state index is 11.6. The summed E-state index contributed by atoms with van der Waals surface area (Å²) in [6, 6.07) is 6.91. The number of carbonyl (C=O) groups excluding carboxylic acids is 2. The van der Waals surface area contributed by atoms with Crippen LogP contribution >= 0.6 is 0 Å². The van der Waals surface area contributed by atoms with Crippen LogP contribution in [0.25, 0.3) is 0 Å². The van der Waals surface area contributed by atoms with Crippen LogP contribution in [0.2, 0.25) is 0 Å². The summed E-state index contributed by atoms with van der Waals surface area (Å²) in [4.78, 5) is 22.6. The minimum atomic E-state index is -0.342. The second kappa shape index (κ2) is 7.38. The fourth-order valence-corrected chi connectivity index (χ4v) is 1.49. The van der Waals surface area contributed by atoms with Crippen molar-refractivity contribution in [3.8, 4) is 0 Å². The predicted octanol–water partition coefficient (Wildman–Crippen LogP) is 0.964. The molecule has 1 rings (SSSR count). The smallest absolute Gasteiger partial charge is 0.319 e. The third-order valence-corrected chi connectivity index (χ3v) is 2.59. The maximum absolute atomic E-state index is 11.6. The van der Waals surface area contributed by atoms with E-state index in [1.807, 2.05) is 25.1 Å². The molecule has 0 spiro atoms. The molecule has 1 aromatic rings. The summed E-state index contributed by atoms with van der Waals surface area (Å²) in [7, 11) is 1.56. The second-order valence-corrected chi connectivity index (χ2v) is 4.22. The molecule has 5 N–H and O–H groups in total. The third-order valence-electron chi connectivity index (χ3n) is 2.59. The van der Waals surface area contributed by atoms with Gasteiger partial charge in [-0.3, -0.25) is 4.79 Å². The molecule has 1 unspecified atom stereocenters. The van der Waals surface area contributed by atoms with Crippen LogP contribution in [-0.4, -0.2) is 25.5 Å². The molecule has 104 valence electrons. The van der Waals surface area contributed by atoms with Crippen molar-refractivity contribution >= 4 is 17.6 Å². The molecule has 0 aliphatic heterocycles. The lowest BCUT2D eigenvalue weighted by Gasteiger charge is -2.10. The zero-order valence-electron chi connectivity index (χ0n) is 11.2. The van der Waals surface area contributed by atoms with E-state index >= 15 is 0 Å². The first-order valence-corrected chi connectivity index (χ1v) is 6.14. The molecular weight excluding hydrogens is 244 g/mol. The molecule has 19 heavy (non-hydrogen) atoms. The van der Waals surface area contributed by atoms with Gasteiger partial charge in [-0.25, -0.2) is 4.79 Å². The Hall–Kier alpha value is -2.08. The molecule has 1 aromatic carbocycles. The van der Waals surface area contributed by atoms with Crippen LogP contribution in [0.4, 0.5) is 10.5 Å². The summed E-state index contributed by atoms with van der Waals surface area (Å²) in [6.45, 7) is 2.17. The van der Waals surface area contributed by atoms with Crippen molar-refractivity contribution in [1.29, 1.82) is 0 Å². The molecule has 6 nitrogen and oxygen atoms in total. The van der Waals surface area contributed by atoms with Crippen LogP contribution in [0.5, 0.6) is 0 Å². The highest BCUT2D eigenvalue weighted by molar-refractivity contribution is 5.89. The lowest BCUT2D eigenvalue weighted by molar-refractivity contribution is -0.120. The summed E-state index contributed by atoms with van der Waals surface area (Å²) in [5, 5.41) is 7.78. The zero-order chi connectivity index (χ0) is 14.3. The summed E-state index contributed by atoms with van der Waals surface area (Å²) in [6.07, 6.45) is 0.254. The zero-order valence-corrected chi connectivity index (χ0v) is 11.2. The van der Waals surface area contributed by atoms with E-state index in [0.29, 0.717) is 12.2 Å². The van der Waals surface area contributed by atoms with E-state index in [1.54, 1.807) is 13.1 Å². The van der Waals surface area contributed by atoms with Crippen LogP contribution in [0.3, 0.4) is 0 Å². The third kappa shape index (κ3) is 5.39. The van der Waals surface area contributed by atoms with Gasteiger partial charge >= 0.3 is 6.03 Å². The van der Waals surface area contributed by atoms with E-state index in [1.165, 1.54) is 0 Å². The summed E-state index contributed by atoms with van der Waals surface area (Å²) in [5.74, 6) is -0.112. The van der Waals surface area contributed by atoms with E-state index in [0.717, 1.165) is 5.56 Å². The van der Waals surface area contributed by atoms with Gasteiger partial charge in [0.1, 0.15) is 0 Å². The number of anilines is 1. The minimum absolute atomic E-state index is 0.0851. The molecule has 0 heterocycles. The standard InChI is InChI=1S/C13H20N4O2/c1-9(14)10-4-3-5-11(8-10)17-13(19)16-7-6-12(18)15-2/h3-5,8-9H,6-7,14H2,1-2H3,(H,15,18)(H2,16,17,19). The van der Waals surface area contributed by atoms with E-state index < -0.39 is 0 Å². The molecule has 3 amide bonds. The average Bonchev–Trinajstić information content (AvgIpc) is 2.38. The number of hydrogen-bond donors (Lipinski definition) is 4. The van der Waals surface area contributed by atoms with Gasteiger partial charge < -0.3 is 21.7 Å². The van der Waals surface area contributed by atoms with E-state index in [2.05, 4.69) is 16.0 Å². The Balaban J connectivity index is 2.44. The Kier molecular flexibility index (Phi) is 5.81. The van der Waals surface area contributed by atoms with Crippen LogP contribution in [0.15, 0.2) is 24.3 Å². The molecule has 0 aromatic heterocycles. The molecule has 1 atom stereocenters. The van der Waals surface area contributed by atoms with Crippen molar-refractivity contribution < 1.29 is 9.59 Å². The van der Waals surface area contributed by atoms with Crippen molar-refractivity contribution in [2.45, 2.75) is 19.4 Å². The summed E-state index contributed by atoms with van der Waals surface area (Å²) >= 11 is 0. The lowest BCUT2D eigenvalue weighted by Crippen LogP contribution is -2.32. The van der Waals surface area contributed by atoms with E-state index in [-0.39, 0.29) is 24.4 Å². The number of hydrogen-bond acceptors (Lipinski definition) is 3. The SMILES string of the molecule is CNC(=O)CCNC(=O)Nc1cccc(C(C)N)c1. The van der Waals surface area contributed by atoms with Gasteiger partial charge in [0, 0.05) is 31.7 Å². The van der Waals surface area contributed by atoms with E-state index in [4.69, 9.17) is 5.73 Å². The quantitative estimate of drug-likeness (QED) is 0.638. The van der Waals surface area contributed by atoms with Gasteiger partial charge in [0.15, 0.2) is 0 Å². The number of amides is 3. The lowest BCUT2D eigenvalue weighted by atomic mass is 10.1. The van der Waals surface area contributed by atoms with Crippen molar-refractivity contribution in [3.05, 3.63) is 29.8 Å². The van der Waals surface area contributed by atoms with Crippen molar-refractivity contribution in [2.75, 3.05) is 18.9 Å². The number of rotatable bonds is 5. The van der Waals surface area contributed by atoms with Gasteiger partial charge in [0.05, 0.1) is 0 Å². The van der Waals surface area contributed by atoms with Gasteiger partial charge in [-0.2, -0.15) is 0 Å². The molecule has 0 saturated heterocycles. The minimum Gasteiger partial charge on any atom is -0.359 e. The normalized spacial score (nSPS) is 11.5. The van der Waals surface area contributed by atoms with Gasteiger partial charge in [-0.05, 0) is 24.6 Å². The highest BCUT2D eigenvalue weighted by Gasteiger charge is 2.05. The monoisotopic (exact) mass is 264 g/mol. The Morgan fingerprint density at radius 2 is 2.11 bits per heavy atom. The molecule has 0 fully saturated rings. The van der Waals surface area contributed by atoms with Gasteiger partial charge in [-0.1, -0.05) is 12.1 Å². The van der Waals surface area contributed by atoms with Crippen LogP contribution < -0.4 is 21.7 Å². The van der Waals surface area contributed by atoms with E-state index in [9.17, 15) is 9.59 Å². The van der Waals surface area contributed by atoms with Crippen molar-refractivity contribution in [1.82, 2.24) is 10.6 Å². The number of nitrogens with one attached hydrogen (secondary N) is 3. The van der Waals surface area contributed by atoms with Crippen molar-refractivity contribution in [2.24, 2.45) is 5.73 Å². The maximum Gasteiger partial charge on any atom is 0.319 e. The first-order valence-electron chi connectivity index (χ1n) is 6.14. The van der Waals surface area contributed by atoms with Gasteiger partial charge in [0.25, 0.3) is 0 Å². The fourth-order valence-electron chi connectivity index (χ4n) is 1.49. The molecule has 6 heteroatoms. The number of urea groups is 1. The number of nitrogens with two attached hydrogens (primary N) is 1. The molecule has 0 bridgehead atoms. The molecule has 0 radical (unpaired) electrons. The van der Waals surface area contributed by atoms with Gasteiger partial charge in [0.2, 0.25) is 5.91 Å². The van der Waals surface area contributed by atoms with Crippen LogP contribution in [0.1, 0.15) is 24.9 Å². The van der Waals surface area contributed by atoms with Crippen molar-refractivity contribution in [3.63, 3.8) is 0 Å². The second-order valence-electron chi connectivity index (χ2n) is 4.22. The Morgan fingerprint density at radius 3 is 2.74 bits per heavy atom.